The van der Waals surface area contributed by atoms with Crippen molar-refractivity contribution in [2.24, 2.45) is 0 Å². The monoisotopic (exact) mass is 457 g/mol. The van der Waals surface area contributed by atoms with E-state index in [1.165, 1.54) is 24.1 Å². The van der Waals surface area contributed by atoms with E-state index >= 15 is 0 Å². The molecule has 0 saturated heterocycles. The van der Waals surface area contributed by atoms with E-state index < -0.39 is 23.4 Å². The summed E-state index contributed by atoms with van der Waals surface area (Å²) in [5, 5.41) is 2.95. The number of aromatic nitrogens is 2. The number of carbonyl (C=O) groups excluding carboxylic acids is 3. The number of benzene rings is 1. The molecule has 0 saturated carbocycles. The van der Waals surface area contributed by atoms with E-state index in [1.807, 2.05) is 6.92 Å². The molecule has 0 spiro atoms. The number of anilines is 1. The number of ether oxygens (including phenoxy) is 2. The fourth-order valence-electron chi connectivity index (χ4n) is 3.03. The molecule has 3 aromatic rings. The Morgan fingerprint density at radius 2 is 2.00 bits per heavy atom. The third-order valence-corrected chi connectivity index (χ3v) is 5.89. The van der Waals surface area contributed by atoms with Gasteiger partial charge < -0.3 is 14.8 Å². The number of fused-ring (bicyclic) bond motifs is 1. The molecule has 2 aromatic heterocycles. The van der Waals surface area contributed by atoms with Gasteiger partial charge in [-0.2, -0.15) is 0 Å². The lowest BCUT2D eigenvalue weighted by Crippen LogP contribution is -2.28. The Bertz CT molecular complexity index is 1230. The molecular formula is C22H23N3O6S. The summed E-state index contributed by atoms with van der Waals surface area (Å²) in [6.07, 6.45) is 2.96. The molecule has 1 aromatic carbocycles. The van der Waals surface area contributed by atoms with Crippen molar-refractivity contribution in [1.29, 1.82) is 0 Å². The topological polar surface area (TPSA) is 117 Å². The van der Waals surface area contributed by atoms with E-state index in [4.69, 9.17) is 9.47 Å². The molecule has 10 heteroatoms. The molecule has 1 N–H and O–H groups in total. The number of rotatable bonds is 8. The van der Waals surface area contributed by atoms with E-state index in [9.17, 15) is 19.2 Å². The maximum absolute atomic E-state index is 12.9. The van der Waals surface area contributed by atoms with Crippen LogP contribution in [0.5, 0.6) is 0 Å². The highest BCUT2D eigenvalue weighted by atomic mass is 32.1. The largest absolute Gasteiger partial charge is 0.465 e. The van der Waals surface area contributed by atoms with Crippen molar-refractivity contribution in [3.05, 3.63) is 57.0 Å². The smallest absolute Gasteiger partial charge is 0.348 e. The van der Waals surface area contributed by atoms with Gasteiger partial charge in [0.1, 0.15) is 16.3 Å². The number of methoxy groups -OCH3 is 1. The molecule has 0 aliphatic rings. The minimum absolute atomic E-state index is 0.280. The number of carbonyl (C=O) groups is 3. The van der Waals surface area contributed by atoms with Gasteiger partial charge in [-0.1, -0.05) is 19.4 Å². The van der Waals surface area contributed by atoms with Gasteiger partial charge in [-0.15, -0.1) is 11.3 Å². The lowest BCUT2D eigenvalue weighted by Gasteiger charge is -2.09. The molecule has 1 amide bonds. The van der Waals surface area contributed by atoms with Crippen LogP contribution in [0.4, 0.5) is 5.69 Å². The number of nitrogens with zero attached hydrogens (tertiary/aromatic N) is 2. The quantitative estimate of drug-likeness (QED) is 0.408. The van der Waals surface area contributed by atoms with Crippen LogP contribution in [0.2, 0.25) is 0 Å². The summed E-state index contributed by atoms with van der Waals surface area (Å²) in [4.78, 5) is 54.3. The van der Waals surface area contributed by atoms with E-state index in [2.05, 4.69) is 10.3 Å². The number of unbranched alkanes of at least 4 members (excludes halogenated alkanes) is 1. The Morgan fingerprint density at radius 3 is 2.72 bits per heavy atom. The number of amides is 1. The number of thiophene rings is 1. The number of esters is 2. The molecule has 0 aliphatic carbocycles. The lowest BCUT2D eigenvalue weighted by atomic mass is 10.2. The molecular weight excluding hydrogens is 434 g/mol. The normalized spacial score (nSPS) is 10.7. The highest BCUT2D eigenvalue weighted by Crippen LogP contribution is 2.27. The van der Waals surface area contributed by atoms with Crippen molar-refractivity contribution in [3.63, 3.8) is 0 Å². The van der Waals surface area contributed by atoms with Crippen molar-refractivity contribution in [3.8, 4) is 0 Å². The summed E-state index contributed by atoms with van der Waals surface area (Å²) in [6, 6.07) is 6.39. The van der Waals surface area contributed by atoms with Gasteiger partial charge in [0.15, 0.2) is 0 Å². The Hall–Kier alpha value is -3.53. The summed E-state index contributed by atoms with van der Waals surface area (Å²) in [5.74, 6) is -1.47. The number of hydrogen-bond donors (Lipinski definition) is 1. The predicted molar refractivity (Wildman–Crippen MR) is 120 cm³/mol. The molecule has 32 heavy (non-hydrogen) atoms. The number of hydrogen-bond acceptors (Lipinski definition) is 8. The van der Waals surface area contributed by atoms with Gasteiger partial charge in [-0.05, 0) is 37.1 Å². The second-order valence-corrected chi connectivity index (χ2v) is 8.02. The number of aryl methyl sites for hydroxylation is 1. The van der Waals surface area contributed by atoms with Crippen LogP contribution in [-0.4, -0.2) is 41.1 Å². The minimum atomic E-state index is -0.540. The fraction of sp³-hybridized carbons (Fsp3) is 0.318. The van der Waals surface area contributed by atoms with Crippen molar-refractivity contribution >= 4 is 45.1 Å². The Labute approximate surface area is 188 Å². The van der Waals surface area contributed by atoms with Crippen LogP contribution in [0.25, 0.3) is 10.2 Å². The van der Waals surface area contributed by atoms with Crippen molar-refractivity contribution in [2.45, 2.75) is 33.2 Å². The van der Waals surface area contributed by atoms with Crippen LogP contribution in [0.1, 0.15) is 45.4 Å². The Morgan fingerprint density at radius 1 is 1.22 bits per heavy atom. The summed E-state index contributed by atoms with van der Waals surface area (Å²) in [5.41, 5.74) is 0.769. The standard InChI is InChI=1S/C22H23N3O6S/c1-4-5-9-31-21(28)14-7-6-8-15(10-14)24-16(26)11-25-12-23-19-17(20(25)27)13(2)18(32-19)22(29)30-3/h6-8,10,12H,4-5,9,11H2,1-3H3,(H,24,26). The van der Waals surface area contributed by atoms with Gasteiger partial charge in [0.05, 0.1) is 31.0 Å². The van der Waals surface area contributed by atoms with Crippen LogP contribution < -0.4 is 10.9 Å². The third-order valence-electron chi connectivity index (χ3n) is 4.72. The van der Waals surface area contributed by atoms with Crippen LogP contribution in [0.3, 0.4) is 0 Å². The zero-order valence-corrected chi connectivity index (χ0v) is 18.8. The second kappa shape index (κ2) is 10.2. The summed E-state index contributed by atoms with van der Waals surface area (Å²) < 4.78 is 11.1. The van der Waals surface area contributed by atoms with Gasteiger partial charge in [-0.3, -0.25) is 14.2 Å². The second-order valence-electron chi connectivity index (χ2n) is 7.02. The van der Waals surface area contributed by atoms with Crippen molar-refractivity contribution in [2.75, 3.05) is 19.0 Å². The zero-order valence-electron chi connectivity index (χ0n) is 18.0. The van der Waals surface area contributed by atoms with Crippen LogP contribution in [0.15, 0.2) is 35.4 Å². The molecule has 0 bridgehead atoms. The molecule has 0 atom stereocenters. The van der Waals surface area contributed by atoms with Gasteiger partial charge in [0.25, 0.3) is 5.56 Å². The molecule has 3 rings (SSSR count). The van der Waals surface area contributed by atoms with Gasteiger partial charge in [0.2, 0.25) is 5.91 Å². The molecule has 0 unspecified atom stereocenters. The first kappa shape index (κ1) is 23.1. The highest BCUT2D eigenvalue weighted by molar-refractivity contribution is 7.20. The third kappa shape index (κ3) is 5.02. The minimum Gasteiger partial charge on any atom is -0.465 e. The molecule has 0 aliphatic heterocycles. The van der Waals surface area contributed by atoms with Gasteiger partial charge in [-0.25, -0.2) is 14.6 Å². The Kier molecular flexibility index (Phi) is 7.37. The van der Waals surface area contributed by atoms with E-state index in [-0.39, 0.29) is 11.9 Å². The maximum atomic E-state index is 12.9. The average Bonchev–Trinajstić information content (AvgIpc) is 3.12. The first-order valence-corrected chi connectivity index (χ1v) is 10.8. The van der Waals surface area contributed by atoms with Gasteiger partial charge in [0, 0.05) is 5.69 Å². The summed E-state index contributed by atoms with van der Waals surface area (Å²) in [6.45, 7) is 3.70. The highest BCUT2D eigenvalue weighted by Gasteiger charge is 2.20. The van der Waals surface area contributed by atoms with Crippen LogP contribution in [0, 0.1) is 6.92 Å². The van der Waals surface area contributed by atoms with Crippen molar-refractivity contribution in [1.82, 2.24) is 9.55 Å². The fourth-order valence-corrected chi connectivity index (χ4v) is 4.09. The predicted octanol–water partition coefficient (Wildman–Crippen LogP) is 3.15. The number of nitrogens with one attached hydrogen (secondary N) is 1. The van der Waals surface area contributed by atoms with E-state index in [0.29, 0.717) is 33.1 Å². The average molecular weight is 458 g/mol. The molecule has 168 valence electrons. The first-order chi connectivity index (χ1) is 15.3. The zero-order chi connectivity index (χ0) is 23.3. The van der Waals surface area contributed by atoms with E-state index in [1.54, 1.807) is 25.1 Å². The van der Waals surface area contributed by atoms with Crippen molar-refractivity contribution < 1.29 is 23.9 Å². The molecule has 0 radical (unpaired) electrons. The van der Waals surface area contributed by atoms with E-state index in [0.717, 1.165) is 24.2 Å². The molecule has 0 fully saturated rings. The van der Waals surface area contributed by atoms with Crippen LogP contribution in [-0.2, 0) is 20.8 Å². The lowest BCUT2D eigenvalue weighted by molar-refractivity contribution is -0.116. The van der Waals surface area contributed by atoms with Crippen LogP contribution >= 0.6 is 11.3 Å². The van der Waals surface area contributed by atoms with Gasteiger partial charge >= 0.3 is 11.9 Å². The first-order valence-electron chi connectivity index (χ1n) is 9.99. The summed E-state index contributed by atoms with van der Waals surface area (Å²) >= 11 is 1.07. The molecule has 2 heterocycles. The maximum Gasteiger partial charge on any atom is 0.348 e. The Balaban J connectivity index is 1.75. The molecule has 9 nitrogen and oxygen atoms in total. The SMILES string of the molecule is CCCCOC(=O)c1cccc(NC(=O)Cn2cnc3sc(C(=O)OC)c(C)c3c2=O)c1. The summed E-state index contributed by atoms with van der Waals surface area (Å²) in [7, 11) is 1.27.